The van der Waals surface area contributed by atoms with Gasteiger partial charge in [-0.05, 0) is 0 Å². The van der Waals surface area contributed by atoms with Gasteiger partial charge in [0.15, 0.2) is 6.29 Å². The summed E-state index contributed by atoms with van der Waals surface area (Å²) in [5.74, 6) is 0. The third-order valence-electron chi connectivity index (χ3n) is 2.07. The predicted octanol–water partition coefficient (Wildman–Crippen LogP) is -3.39. The number of hydrogen-bond donors (Lipinski definition) is 5. The van der Waals surface area contributed by atoms with Crippen LogP contribution in [0.25, 0.3) is 0 Å². The van der Waals surface area contributed by atoms with Crippen LogP contribution < -0.4 is 0 Å². The predicted molar refractivity (Wildman–Crippen MR) is 46.4 cm³/mol. The molecule has 5 N–H and O–H groups in total. The monoisotopic (exact) mass is 260 g/mol. The summed E-state index contributed by atoms with van der Waals surface area (Å²) in [4.78, 5) is 0. The summed E-state index contributed by atoms with van der Waals surface area (Å²) in [7, 11) is -4.88. The molecule has 0 bridgehead atoms. The average molecular weight is 260 g/mol. The molecule has 1 rings (SSSR count). The van der Waals surface area contributed by atoms with Crippen LogP contribution in [0.4, 0.5) is 0 Å². The van der Waals surface area contributed by atoms with Gasteiger partial charge in [-0.2, -0.15) is 8.42 Å². The maximum absolute atomic E-state index is 10.4. The Morgan fingerprint density at radius 2 is 1.75 bits per heavy atom. The van der Waals surface area contributed by atoms with Crippen molar-refractivity contribution in [3.63, 3.8) is 0 Å². The highest BCUT2D eigenvalue weighted by molar-refractivity contribution is 7.80. The molecule has 1 aliphatic rings. The first-order valence-corrected chi connectivity index (χ1v) is 5.59. The Labute approximate surface area is 90.8 Å². The lowest BCUT2D eigenvalue weighted by Gasteiger charge is -2.38. The molecule has 0 radical (unpaired) electrons. The molecule has 1 unspecified atom stereocenters. The summed E-state index contributed by atoms with van der Waals surface area (Å²) in [6, 6.07) is 0. The molecule has 1 aliphatic heterocycles. The Morgan fingerprint density at radius 1 is 1.19 bits per heavy atom. The minimum absolute atomic E-state index is 0.777. The maximum Gasteiger partial charge on any atom is 0.397 e. The number of aliphatic hydroxyl groups excluding tert-OH is 4. The molecular weight excluding hydrogens is 248 g/mol. The molecule has 0 aromatic carbocycles. The minimum atomic E-state index is -4.88. The van der Waals surface area contributed by atoms with Crippen molar-refractivity contribution in [2.75, 3.05) is 6.61 Å². The minimum Gasteiger partial charge on any atom is -0.394 e. The topological polar surface area (TPSA) is 154 Å². The average Bonchev–Trinajstić information content (AvgIpc) is 2.17. The lowest BCUT2D eigenvalue weighted by atomic mass is 9.99. The molecule has 0 spiro atoms. The van der Waals surface area contributed by atoms with Crippen LogP contribution in [0.3, 0.4) is 0 Å². The van der Waals surface area contributed by atoms with Crippen LogP contribution in [0.5, 0.6) is 0 Å². The van der Waals surface area contributed by atoms with Crippen molar-refractivity contribution in [3.05, 3.63) is 0 Å². The Kier molecular flexibility index (Phi) is 4.20. The molecule has 9 nitrogen and oxygen atoms in total. The van der Waals surface area contributed by atoms with Crippen molar-refractivity contribution in [1.29, 1.82) is 0 Å². The van der Waals surface area contributed by atoms with E-state index in [1.165, 1.54) is 0 Å². The SMILES string of the molecule is O=S(=O)(O)O[C@@H]1[C@@H](O)[C@H](O)C(O)O[C@@H]1CO. The van der Waals surface area contributed by atoms with E-state index in [1.54, 1.807) is 0 Å². The fourth-order valence-corrected chi connectivity index (χ4v) is 1.84. The van der Waals surface area contributed by atoms with Crippen molar-refractivity contribution >= 4 is 10.4 Å². The Balaban J connectivity index is 2.85. The summed E-state index contributed by atoms with van der Waals surface area (Å²) in [5.41, 5.74) is 0. The van der Waals surface area contributed by atoms with Crippen LogP contribution >= 0.6 is 0 Å². The van der Waals surface area contributed by atoms with E-state index < -0.39 is 47.7 Å². The van der Waals surface area contributed by atoms with Crippen LogP contribution in [0.1, 0.15) is 0 Å². The van der Waals surface area contributed by atoms with Gasteiger partial charge in [0.1, 0.15) is 24.4 Å². The lowest BCUT2D eigenvalue weighted by molar-refractivity contribution is -0.282. The molecule has 1 saturated heterocycles. The zero-order chi connectivity index (χ0) is 12.5. The van der Waals surface area contributed by atoms with Crippen LogP contribution in [-0.4, -0.2) is 70.7 Å². The molecular formula is C6H12O9S. The third-order valence-corrected chi connectivity index (χ3v) is 2.54. The quantitative estimate of drug-likeness (QED) is 0.327. The first kappa shape index (κ1) is 13.7. The molecule has 1 heterocycles. The second-order valence-electron chi connectivity index (χ2n) is 3.22. The Bertz CT molecular complexity index is 325. The molecule has 1 fully saturated rings. The molecule has 96 valence electrons. The molecule has 16 heavy (non-hydrogen) atoms. The Hall–Kier alpha value is -0.330. The number of rotatable bonds is 3. The normalized spacial score (nSPS) is 40.9. The van der Waals surface area contributed by atoms with E-state index in [1.807, 2.05) is 0 Å². The fraction of sp³-hybridized carbons (Fsp3) is 1.00. The summed E-state index contributed by atoms with van der Waals surface area (Å²) in [6.07, 6.45) is -8.53. The van der Waals surface area contributed by atoms with Gasteiger partial charge in [-0.25, -0.2) is 4.18 Å². The molecule has 0 aromatic rings. The van der Waals surface area contributed by atoms with Crippen molar-refractivity contribution < 1.29 is 42.3 Å². The number of hydrogen-bond acceptors (Lipinski definition) is 8. The summed E-state index contributed by atoms with van der Waals surface area (Å²) >= 11 is 0. The van der Waals surface area contributed by atoms with Crippen LogP contribution in [0.2, 0.25) is 0 Å². The van der Waals surface area contributed by atoms with Gasteiger partial charge in [0.25, 0.3) is 0 Å². The largest absolute Gasteiger partial charge is 0.397 e. The molecule has 5 atom stereocenters. The van der Waals surface area contributed by atoms with Gasteiger partial charge in [-0.15, -0.1) is 0 Å². The van der Waals surface area contributed by atoms with Gasteiger partial charge < -0.3 is 25.2 Å². The van der Waals surface area contributed by atoms with Crippen molar-refractivity contribution in [3.8, 4) is 0 Å². The smallest absolute Gasteiger partial charge is 0.394 e. The van der Waals surface area contributed by atoms with E-state index in [2.05, 4.69) is 8.92 Å². The van der Waals surface area contributed by atoms with Crippen molar-refractivity contribution in [1.82, 2.24) is 0 Å². The van der Waals surface area contributed by atoms with Crippen LogP contribution in [0, 0.1) is 0 Å². The van der Waals surface area contributed by atoms with Gasteiger partial charge in [0, 0.05) is 0 Å². The molecule has 0 aliphatic carbocycles. The first-order valence-electron chi connectivity index (χ1n) is 4.22. The standard InChI is InChI=1S/C6H12O9S/c7-1-2-5(15-16(11,12)13)3(8)4(9)6(10)14-2/h2-10H,1H2,(H,11,12,13)/t2-,3+,4+,5+,6?/m1/s1. The fourth-order valence-electron chi connectivity index (χ4n) is 1.33. The highest BCUT2D eigenvalue weighted by Gasteiger charge is 2.46. The highest BCUT2D eigenvalue weighted by atomic mass is 32.3. The number of ether oxygens (including phenoxy) is 1. The summed E-state index contributed by atoms with van der Waals surface area (Å²) in [6.45, 7) is -0.777. The van der Waals surface area contributed by atoms with Crippen molar-refractivity contribution in [2.45, 2.75) is 30.7 Å². The molecule has 10 heteroatoms. The first-order chi connectivity index (χ1) is 7.26. The number of aliphatic hydroxyl groups is 4. The van der Waals surface area contributed by atoms with E-state index in [-0.39, 0.29) is 0 Å². The third kappa shape index (κ3) is 3.09. The molecule has 0 aromatic heterocycles. The van der Waals surface area contributed by atoms with E-state index in [0.717, 1.165) is 0 Å². The Morgan fingerprint density at radius 3 is 2.19 bits per heavy atom. The lowest BCUT2D eigenvalue weighted by Crippen LogP contribution is -2.59. The van der Waals surface area contributed by atoms with E-state index >= 15 is 0 Å². The van der Waals surface area contributed by atoms with Crippen LogP contribution in [-0.2, 0) is 19.3 Å². The van der Waals surface area contributed by atoms with Gasteiger partial charge in [0.2, 0.25) is 0 Å². The highest BCUT2D eigenvalue weighted by Crippen LogP contribution is 2.23. The van der Waals surface area contributed by atoms with Crippen LogP contribution in [0.15, 0.2) is 0 Å². The van der Waals surface area contributed by atoms with E-state index in [0.29, 0.717) is 0 Å². The molecule has 0 amide bonds. The van der Waals surface area contributed by atoms with E-state index in [9.17, 15) is 13.5 Å². The summed E-state index contributed by atoms with van der Waals surface area (Å²) < 4.78 is 37.9. The zero-order valence-electron chi connectivity index (χ0n) is 7.87. The maximum atomic E-state index is 10.4. The van der Waals surface area contributed by atoms with Crippen molar-refractivity contribution in [2.24, 2.45) is 0 Å². The zero-order valence-corrected chi connectivity index (χ0v) is 8.69. The second kappa shape index (κ2) is 4.89. The summed E-state index contributed by atoms with van der Waals surface area (Å²) in [5, 5.41) is 36.4. The van der Waals surface area contributed by atoms with Gasteiger partial charge in [-0.3, -0.25) is 4.55 Å². The van der Waals surface area contributed by atoms with E-state index in [4.69, 9.17) is 19.9 Å². The van der Waals surface area contributed by atoms with Gasteiger partial charge in [-0.1, -0.05) is 0 Å². The van der Waals surface area contributed by atoms with Gasteiger partial charge in [0.05, 0.1) is 6.61 Å². The van der Waals surface area contributed by atoms with Gasteiger partial charge >= 0.3 is 10.4 Å². The second-order valence-corrected chi connectivity index (χ2v) is 4.27. The molecule has 0 saturated carbocycles.